The van der Waals surface area contributed by atoms with Crippen LogP contribution in [0.2, 0.25) is 0 Å². The summed E-state index contributed by atoms with van der Waals surface area (Å²) in [5, 5.41) is 6.86. The number of hydrogen-bond acceptors (Lipinski definition) is 2. The van der Waals surface area contributed by atoms with Crippen LogP contribution in [-0.4, -0.2) is 44.5 Å². The van der Waals surface area contributed by atoms with Crippen LogP contribution >= 0.6 is 0 Å². The normalized spacial score (nSPS) is 16.6. The number of nitrogens with zero attached hydrogens (tertiary/aromatic N) is 2. The molecule has 25 heavy (non-hydrogen) atoms. The van der Waals surface area contributed by atoms with Gasteiger partial charge in [0, 0.05) is 39.8 Å². The lowest BCUT2D eigenvalue weighted by atomic mass is 9.83. The third-order valence-corrected chi connectivity index (χ3v) is 5.34. The number of guanidine groups is 1. The Bertz CT molecular complexity index is 586. The van der Waals surface area contributed by atoms with Gasteiger partial charge >= 0.3 is 0 Å². The third-order valence-electron chi connectivity index (χ3n) is 5.34. The minimum atomic E-state index is 0.0263. The maximum atomic E-state index is 11.9. The lowest BCUT2D eigenvalue weighted by Gasteiger charge is -2.28. The standard InChI is InChI=1S/C20H32N4O/c1-5-20(12-6-7-13-20)15-23-19(21-2)22-14-16-8-10-17(11-9-16)18(25)24(3)4/h8-11H,5-7,12-15H2,1-4H3,(H2,21,22,23). The summed E-state index contributed by atoms with van der Waals surface area (Å²) in [5.41, 5.74) is 2.28. The number of carbonyl (C=O) groups is 1. The molecule has 0 spiro atoms. The van der Waals surface area contributed by atoms with Crippen LogP contribution in [0.25, 0.3) is 0 Å². The minimum absolute atomic E-state index is 0.0263. The highest BCUT2D eigenvalue weighted by molar-refractivity contribution is 5.93. The second-order valence-electron chi connectivity index (χ2n) is 7.24. The average Bonchev–Trinajstić information content (AvgIpc) is 3.11. The van der Waals surface area contributed by atoms with Gasteiger partial charge in [-0.05, 0) is 42.4 Å². The van der Waals surface area contributed by atoms with Crippen LogP contribution in [0.15, 0.2) is 29.3 Å². The van der Waals surface area contributed by atoms with E-state index in [0.29, 0.717) is 17.5 Å². The molecular formula is C20H32N4O. The smallest absolute Gasteiger partial charge is 0.253 e. The molecule has 1 amide bonds. The summed E-state index contributed by atoms with van der Waals surface area (Å²) in [6.07, 6.45) is 6.54. The first-order chi connectivity index (χ1) is 12.0. The fraction of sp³-hybridized carbons (Fsp3) is 0.600. The van der Waals surface area contributed by atoms with Gasteiger partial charge in [0.2, 0.25) is 0 Å². The van der Waals surface area contributed by atoms with Gasteiger partial charge in [-0.2, -0.15) is 0 Å². The molecule has 1 aliphatic rings. The fourth-order valence-electron chi connectivity index (χ4n) is 3.48. The highest BCUT2D eigenvalue weighted by Crippen LogP contribution is 2.40. The van der Waals surface area contributed by atoms with Crippen molar-refractivity contribution in [1.82, 2.24) is 15.5 Å². The highest BCUT2D eigenvalue weighted by Gasteiger charge is 2.31. The molecule has 0 saturated heterocycles. The molecule has 0 heterocycles. The van der Waals surface area contributed by atoms with Crippen molar-refractivity contribution >= 4 is 11.9 Å². The first kappa shape index (κ1) is 19.3. The van der Waals surface area contributed by atoms with Crippen LogP contribution in [0.1, 0.15) is 54.9 Å². The van der Waals surface area contributed by atoms with Crippen molar-refractivity contribution in [3.05, 3.63) is 35.4 Å². The number of hydrogen-bond donors (Lipinski definition) is 2. The molecule has 0 aromatic heterocycles. The van der Waals surface area contributed by atoms with Crippen molar-refractivity contribution < 1.29 is 4.79 Å². The molecule has 0 unspecified atom stereocenters. The second-order valence-corrected chi connectivity index (χ2v) is 7.24. The number of nitrogens with one attached hydrogen (secondary N) is 2. The molecule has 2 N–H and O–H groups in total. The van der Waals surface area contributed by atoms with E-state index < -0.39 is 0 Å². The summed E-state index contributed by atoms with van der Waals surface area (Å²) < 4.78 is 0. The molecule has 2 rings (SSSR count). The SMILES string of the molecule is CCC1(CNC(=NC)NCc2ccc(C(=O)N(C)C)cc2)CCCC1. The molecule has 138 valence electrons. The van der Waals surface area contributed by atoms with Crippen LogP contribution < -0.4 is 10.6 Å². The van der Waals surface area contributed by atoms with Crippen LogP contribution in [0.4, 0.5) is 0 Å². The van der Waals surface area contributed by atoms with E-state index in [9.17, 15) is 4.79 Å². The number of aliphatic imine (C=N–C) groups is 1. The van der Waals surface area contributed by atoms with Crippen molar-refractivity contribution in [2.24, 2.45) is 10.4 Å². The Morgan fingerprint density at radius 3 is 2.32 bits per heavy atom. The van der Waals surface area contributed by atoms with Crippen molar-refractivity contribution in [1.29, 1.82) is 0 Å². The third kappa shape index (κ3) is 5.21. The van der Waals surface area contributed by atoms with Crippen LogP contribution in [0.3, 0.4) is 0 Å². The van der Waals surface area contributed by atoms with Crippen molar-refractivity contribution in [2.75, 3.05) is 27.7 Å². The zero-order chi connectivity index (χ0) is 18.3. The lowest BCUT2D eigenvalue weighted by molar-refractivity contribution is 0.0827. The maximum absolute atomic E-state index is 11.9. The van der Waals surface area contributed by atoms with E-state index in [1.807, 2.05) is 24.3 Å². The molecular weight excluding hydrogens is 312 g/mol. The molecule has 1 fully saturated rings. The number of benzene rings is 1. The van der Waals surface area contributed by atoms with E-state index in [4.69, 9.17) is 0 Å². The second kappa shape index (κ2) is 8.88. The van der Waals surface area contributed by atoms with E-state index in [1.165, 1.54) is 32.1 Å². The molecule has 5 heteroatoms. The fourth-order valence-corrected chi connectivity index (χ4v) is 3.48. The van der Waals surface area contributed by atoms with Gasteiger partial charge in [0.25, 0.3) is 5.91 Å². The van der Waals surface area contributed by atoms with Crippen molar-refractivity contribution in [2.45, 2.75) is 45.6 Å². The van der Waals surface area contributed by atoms with E-state index >= 15 is 0 Å². The summed E-state index contributed by atoms with van der Waals surface area (Å²) in [6.45, 7) is 3.97. The number of amides is 1. The minimum Gasteiger partial charge on any atom is -0.356 e. The first-order valence-corrected chi connectivity index (χ1v) is 9.25. The van der Waals surface area contributed by atoms with Gasteiger partial charge in [0.15, 0.2) is 5.96 Å². The monoisotopic (exact) mass is 344 g/mol. The van der Waals surface area contributed by atoms with Gasteiger partial charge in [0.1, 0.15) is 0 Å². The molecule has 1 aromatic carbocycles. The number of rotatable bonds is 6. The van der Waals surface area contributed by atoms with E-state index in [-0.39, 0.29) is 5.91 Å². The summed E-state index contributed by atoms with van der Waals surface area (Å²) >= 11 is 0. The van der Waals surface area contributed by atoms with Crippen LogP contribution in [-0.2, 0) is 6.54 Å². The summed E-state index contributed by atoms with van der Waals surface area (Å²) in [6, 6.07) is 7.73. The van der Waals surface area contributed by atoms with Gasteiger partial charge in [-0.25, -0.2) is 0 Å². The topological polar surface area (TPSA) is 56.7 Å². The van der Waals surface area contributed by atoms with Gasteiger partial charge in [-0.15, -0.1) is 0 Å². The van der Waals surface area contributed by atoms with Crippen molar-refractivity contribution in [3.63, 3.8) is 0 Å². The molecule has 1 aromatic rings. The largest absolute Gasteiger partial charge is 0.356 e. The average molecular weight is 345 g/mol. The molecule has 1 saturated carbocycles. The Balaban J connectivity index is 1.85. The Kier molecular flexibility index (Phi) is 6.85. The summed E-state index contributed by atoms with van der Waals surface area (Å²) in [4.78, 5) is 17.8. The lowest BCUT2D eigenvalue weighted by Crippen LogP contribution is -2.42. The quantitative estimate of drug-likeness (QED) is 0.616. The molecule has 0 aliphatic heterocycles. The summed E-state index contributed by atoms with van der Waals surface area (Å²) in [7, 11) is 5.34. The zero-order valence-corrected chi connectivity index (χ0v) is 16.1. The Hall–Kier alpha value is -2.04. The van der Waals surface area contributed by atoms with Gasteiger partial charge in [0.05, 0.1) is 0 Å². The van der Waals surface area contributed by atoms with E-state index in [2.05, 4.69) is 22.5 Å². The first-order valence-electron chi connectivity index (χ1n) is 9.25. The maximum Gasteiger partial charge on any atom is 0.253 e. The molecule has 0 bridgehead atoms. The Morgan fingerprint density at radius 1 is 1.16 bits per heavy atom. The van der Waals surface area contributed by atoms with E-state index in [1.54, 1.807) is 26.0 Å². The summed E-state index contributed by atoms with van der Waals surface area (Å²) in [5.74, 6) is 0.867. The van der Waals surface area contributed by atoms with Gasteiger partial charge < -0.3 is 15.5 Å². The Morgan fingerprint density at radius 2 is 1.80 bits per heavy atom. The van der Waals surface area contributed by atoms with Crippen LogP contribution in [0, 0.1) is 5.41 Å². The molecule has 1 aliphatic carbocycles. The Labute approximate surface area is 151 Å². The van der Waals surface area contributed by atoms with Crippen molar-refractivity contribution in [3.8, 4) is 0 Å². The predicted molar refractivity (Wildman–Crippen MR) is 104 cm³/mol. The number of carbonyl (C=O) groups excluding carboxylic acids is 1. The van der Waals surface area contributed by atoms with Gasteiger partial charge in [-0.3, -0.25) is 9.79 Å². The molecule has 0 radical (unpaired) electrons. The zero-order valence-electron chi connectivity index (χ0n) is 16.1. The van der Waals surface area contributed by atoms with Crippen LogP contribution in [0.5, 0.6) is 0 Å². The van der Waals surface area contributed by atoms with Gasteiger partial charge in [-0.1, -0.05) is 31.9 Å². The molecule has 0 atom stereocenters. The predicted octanol–water partition coefficient (Wildman–Crippen LogP) is 3.02. The van der Waals surface area contributed by atoms with E-state index in [0.717, 1.165) is 18.1 Å². The molecule has 5 nitrogen and oxygen atoms in total. The highest BCUT2D eigenvalue weighted by atomic mass is 16.2.